The summed E-state index contributed by atoms with van der Waals surface area (Å²) in [4.78, 5) is 6.90. The molecule has 0 amide bonds. The van der Waals surface area contributed by atoms with E-state index >= 15 is 0 Å². The zero-order valence-electron chi connectivity index (χ0n) is 13.9. The lowest BCUT2D eigenvalue weighted by Gasteiger charge is -2.31. The number of benzene rings is 1. The Labute approximate surface area is 136 Å². The zero-order chi connectivity index (χ0) is 16.2. The maximum atomic E-state index is 5.38. The van der Waals surface area contributed by atoms with Gasteiger partial charge in [0.05, 0.1) is 19.0 Å². The van der Waals surface area contributed by atoms with Crippen molar-refractivity contribution in [3.05, 3.63) is 30.0 Å². The van der Waals surface area contributed by atoms with Crippen molar-refractivity contribution >= 4 is 17.5 Å². The first-order valence-corrected chi connectivity index (χ1v) is 8.02. The van der Waals surface area contributed by atoms with Gasteiger partial charge in [0.15, 0.2) is 5.82 Å². The van der Waals surface area contributed by atoms with E-state index in [0.717, 1.165) is 35.9 Å². The SMILES string of the molecule is COc1ccc(C)cc1Nc1nncc(N2CCCC(C)C2)n1. The number of aryl methyl sites for hydroxylation is 1. The molecular weight excluding hydrogens is 290 g/mol. The Balaban J connectivity index is 1.81. The summed E-state index contributed by atoms with van der Waals surface area (Å²) in [6.07, 6.45) is 4.21. The molecule has 1 unspecified atom stereocenters. The van der Waals surface area contributed by atoms with Crippen molar-refractivity contribution < 1.29 is 4.74 Å². The third-order valence-corrected chi connectivity index (χ3v) is 4.13. The summed E-state index contributed by atoms with van der Waals surface area (Å²) >= 11 is 0. The molecule has 1 aromatic carbocycles. The second-order valence-electron chi connectivity index (χ2n) is 6.16. The summed E-state index contributed by atoms with van der Waals surface area (Å²) in [5, 5.41) is 11.4. The van der Waals surface area contributed by atoms with Gasteiger partial charge >= 0.3 is 0 Å². The topological polar surface area (TPSA) is 63.2 Å². The number of aromatic nitrogens is 3. The minimum Gasteiger partial charge on any atom is -0.495 e. The molecule has 1 aromatic heterocycles. The van der Waals surface area contributed by atoms with Gasteiger partial charge in [0.2, 0.25) is 5.95 Å². The average molecular weight is 313 g/mol. The number of rotatable bonds is 4. The fourth-order valence-corrected chi connectivity index (χ4v) is 2.94. The predicted molar refractivity (Wildman–Crippen MR) is 91.5 cm³/mol. The van der Waals surface area contributed by atoms with Gasteiger partial charge in [-0.2, -0.15) is 10.1 Å². The van der Waals surface area contributed by atoms with Crippen molar-refractivity contribution in [3.63, 3.8) is 0 Å². The van der Waals surface area contributed by atoms with Crippen LogP contribution in [0.4, 0.5) is 17.5 Å². The highest BCUT2D eigenvalue weighted by Gasteiger charge is 2.18. The third kappa shape index (κ3) is 3.70. The van der Waals surface area contributed by atoms with Crippen LogP contribution >= 0.6 is 0 Å². The van der Waals surface area contributed by atoms with Gasteiger partial charge in [-0.1, -0.05) is 13.0 Å². The van der Waals surface area contributed by atoms with Crippen LogP contribution in [0, 0.1) is 12.8 Å². The fraction of sp³-hybridized carbons (Fsp3) is 0.471. The molecule has 1 aliphatic rings. The summed E-state index contributed by atoms with van der Waals surface area (Å²) in [5.41, 5.74) is 1.99. The van der Waals surface area contributed by atoms with Gasteiger partial charge in [-0.15, -0.1) is 5.10 Å². The lowest BCUT2D eigenvalue weighted by Crippen LogP contribution is -2.35. The van der Waals surface area contributed by atoms with Crippen molar-refractivity contribution in [2.24, 2.45) is 5.92 Å². The van der Waals surface area contributed by atoms with Gasteiger partial charge < -0.3 is 15.0 Å². The van der Waals surface area contributed by atoms with E-state index in [1.807, 2.05) is 25.1 Å². The normalized spacial score (nSPS) is 17.9. The summed E-state index contributed by atoms with van der Waals surface area (Å²) in [6.45, 7) is 6.36. The molecule has 0 aliphatic carbocycles. The van der Waals surface area contributed by atoms with Crippen molar-refractivity contribution in [1.82, 2.24) is 15.2 Å². The van der Waals surface area contributed by atoms with E-state index in [-0.39, 0.29) is 0 Å². The number of hydrogen-bond donors (Lipinski definition) is 1. The zero-order valence-corrected chi connectivity index (χ0v) is 13.9. The second-order valence-corrected chi connectivity index (χ2v) is 6.16. The number of ether oxygens (including phenoxy) is 1. The highest BCUT2D eigenvalue weighted by molar-refractivity contribution is 5.64. The van der Waals surface area contributed by atoms with Crippen molar-refractivity contribution in [2.45, 2.75) is 26.7 Å². The molecule has 0 spiro atoms. The number of nitrogens with zero attached hydrogens (tertiary/aromatic N) is 4. The highest BCUT2D eigenvalue weighted by Crippen LogP contribution is 2.28. The summed E-state index contributed by atoms with van der Waals surface area (Å²) < 4.78 is 5.38. The van der Waals surface area contributed by atoms with Crippen LogP contribution in [0.2, 0.25) is 0 Å². The van der Waals surface area contributed by atoms with Crippen LogP contribution in [0.15, 0.2) is 24.4 Å². The minimum absolute atomic E-state index is 0.490. The Hall–Kier alpha value is -2.37. The van der Waals surface area contributed by atoms with Crippen molar-refractivity contribution in [2.75, 3.05) is 30.4 Å². The van der Waals surface area contributed by atoms with E-state index < -0.39 is 0 Å². The average Bonchev–Trinajstić information content (AvgIpc) is 2.55. The van der Waals surface area contributed by atoms with Crippen LogP contribution in [-0.4, -0.2) is 35.4 Å². The molecular formula is C17H23N5O. The maximum Gasteiger partial charge on any atom is 0.249 e. The van der Waals surface area contributed by atoms with Crippen LogP contribution in [0.25, 0.3) is 0 Å². The predicted octanol–water partition coefficient (Wildman–Crippen LogP) is 3.17. The van der Waals surface area contributed by atoms with E-state index in [0.29, 0.717) is 11.9 Å². The molecule has 0 radical (unpaired) electrons. The molecule has 23 heavy (non-hydrogen) atoms. The first-order valence-electron chi connectivity index (χ1n) is 8.02. The molecule has 6 heteroatoms. The van der Waals surface area contributed by atoms with Gasteiger partial charge in [0.25, 0.3) is 0 Å². The van der Waals surface area contributed by atoms with E-state index in [9.17, 15) is 0 Å². The molecule has 0 saturated carbocycles. The first kappa shape index (κ1) is 15.5. The van der Waals surface area contributed by atoms with E-state index in [4.69, 9.17) is 4.74 Å². The molecule has 6 nitrogen and oxygen atoms in total. The molecule has 1 atom stereocenters. The Bertz CT molecular complexity index is 676. The van der Waals surface area contributed by atoms with Gasteiger partial charge in [-0.05, 0) is 43.4 Å². The maximum absolute atomic E-state index is 5.38. The van der Waals surface area contributed by atoms with Crippen LogP contribution < -0.4 is 15.0 Å². The molecule has 2 aromatic rings. The molecule has 1 N–H and O–H groups in total. The Kier molecular flexibility index (Phi) is 4.60. The number of anilines is 3. The highest BCUT2D eigenvalue weighted by atomic mass is 16.5. The molecule has 1 saturated heterocycles. The summed E-state index contributed by atoms with van der Waals surface area (Å²) in [7, 11) is 1.65. The summed E-state index contributed by atoms with van der Waals surface area (Å²) in [6, 6.07) is 5.95. The van der Waals surface area contributed by atoms with E-state index in [1.165, 1.54) is 12.8 Å². The number of hydrogen-bond acceptors (Lipinski definition) is 6. The van der Waals surface area contributed by atoms with Crippen molar-refractivity contribution in [1.29, 1.82) is 0 Å². The van der Waals surface area contributed by atoms with Crippen LogP contribution in [-0.2, 0) is 0 Å². The minimum atomic E-state index is 0.490. The fourth-order valence-electron chi connectivity index (χ4n) is 2.94. The summed E-state index contributed by atoms with van der Waals surface area (Å²) in [5.74, 6) is 2.81. The number of nitrogens with one attached hydrogen (secondary N) is 1. The smallest absolute Gasteiger partial charge is 0.249 e. The lowest BCUT2D eigenvalue weighted by molar-refractivity contribution is 0.416. The van der Waals surface area contributed by atoms with Gasteiger partial charge in [0.1, 0.15) is 5.75 Å². The van der Waals surface area contributed by atoms with Gasteiger partial charge in [0, 0.05) is 13.1 Å². The van der Waals surface area contributed by atoms with Crippen molar-refractivity contribution in [3.8, 4) is 5.75 Å². The largest absolute Gasteiger partial charge is 0.495 e. The molecule has 1 aliphatic heterocycles. The molecule has 3 rings (SSSR count). The Morgan fingerprint density at radius 3 is 3.00 bits per heavy atom. The van der Waals surface area contributed by atoms with Gasteiger partial charge in [-0.25, -0.2) is 0 Å². The third-order valence-electron chi connectivity index (χ3n) is 4.13. The van der Waals surface area contributed by atoms with E-state index in [2.05, 4.69) is 32.3 Å². The van der Waals surface area contributed by atoms with Crippen LogP contribution in [0.3, 0.4) is 0 Å². The molecule has 1 fully saturated rings. The molecule has 122 valence electrons. The van der Waals surface area contributed by atoms with Gasteiger partial charge in [-0.3, -0.25) is 0 Å². The Morgan fingerprint density at radius 1 is 1.35 bits per heavy atom. The number of methoxy groups -OCH3 is 1. The first-order chi connectivity index (χ1) is 11.2. The van der Waals surface area contributed by atoms with Crippen LogP contribution in [0.1, 0.15) is 25.3 Å². The Morgan fingerprint density at radius 2 is 2.22 bits per heavy atom. The monoisotopic (exact) mass is 313 g/mol. The second kappa shape index (κ2) is 6.81. The quantitative estimate of drug-likeness (QED) is 0.935. The van der Waals surface area contributed by atoms with E-state index in [1.54, 1.807) is 13.3 Å². The number of piperidine rings is 1. The lowest BCUT2D eigenvalue weighted by atomic mass is 10.0. The molecule has 0 bridgehead atoms. The molecule has 2 heterocycles. The van der Waals surface area contributed by atoms with Crippen LogP contribution in [0.5, 0.6) is 5.75 Å². The standard InChI is InChI=1S/C17H23N5O/c1-12-6-7-15(23-3)14(9-12)19-17-20-16(10-18-21-17)22-8-4-5-13(2)11-22/h6-7,9-10,13H,4-5,8,11H2,1-3H3,(H,19,20,21).